The molecule has 4 heteroatoms. The van der Waals surface area contributed by atoms with E-state index in [4.69, 9.17) is 4.74 Å². The van der Waals surface area contributed by atoms with E-state index in [1.807, 2.05) is 6.07 Å². The fourth-order valence-electron chi connectivity index (χ4n) is 2.30. The maximum Gasteiger partial charge on any atom is 0.224 e. The van der Waals surface area contributed by atoms with Crippen LogP contribution in [0.2, 0.25) is 0 Å². The number of ether oxygens (including phenoxy) is 1. The van der Waals surface area contributed by atoms with Crippen molar-refractivity contribution in [2.24, 2.45) is 0 Å². The van der Waals surface area contributed by atoms with Crippen molar-refractivity contribution in [1.82, 2.24) is 5.32 Å². The molecule has 2 rings (SSSR count). The monoisotopic (exact) mass is 263 g/mol. The lowest BCUT2D eigenvalue weighted by Crippen LogP contribution is -2.30. The second-order valence-corrected chi connectivity index (χ2v) is 4.93. The lowest BCUT2D eigenvalue weighted by molar-refractivity contribution is -0.120. The Kier molecular flexibility index (Phi) is 5.21. The molecule has 0 radical (unpaired) electrons. The summed E-state index contributed by atoms with van der Waals surface area (Å²) in [7, 11) is 0. The molecule has 1 fully saturated rings. The van der Waals surface area contributed by atoms with Gasteiger partial charge in [-0.3, -0.25) is 4.79 Å². The molecule has 1 aromatic rings. The molecule has 0 saturated carbocycles. The second-order valence-electron chi connectivity index (χ2n) is 4.93. The first-order valence-electron chi connectivity index (χ1n) is 6.91. The summed E-state index contributed by atoms with van der Waals surface area (Å²) in [5.41, 5.74) is 0.661. The van der Waals surface area contributed by atoms with Gasteiger partial charge in [0, 0.05) is 18.7 Å². The van der Waals surface area contributed by atoms with Gasteiger partial charge < -0.3 is 15.2 Å². The van der Waals surface area contributed by atoms with Gasteiger partial charge in [-0.2, -0.15) is 0 Å². The number of hydrogen-bond acceptors (Lipinski definition) is 3. The van der Waals surface area contributed by atoms with Gasteiger partial charge in [0.25, 0.3) is 0 Å². The SMILES string of the molecule is O=C(Cc1ccccc1O)NCCC1CCCCO1. The first kappa shape index (κ1) is 13.9. The van der Waals surface area contributed by atoms with E-state index in [0.29, 0.717) is 18.2 Å². The minimum absolute atomic E-state index is 0.0580. The van der Waals surface area contributed by atoms with Gasteiger partial charge in [0.2, 0.25) is 5.91 Å². The molecule has 1 aliphatic rings. The summed E-state index contributed by atoms with van der Waals surface area (Å²) in [5, 5.41) is 12.5. The summed E-state index contributed by atoms with van der Waals surface area (Å²) in [5.74, 6) is 0.116. The number of para-hydroxylation sites is 1. The second kappa shape index (κ2) is 7.14. The highest BCUT2D eigenvalue weighted by Gasteiger charge is 2.14. The molecule has 104 valence electrons. The molecule has 0 aliphatic carbocycles. The molecule has 1 aromatic carbocycles. The van der Waals surface area contributed by atoms with E-state index < -0.39 is 0 Å². The van der Waals surface area contributed by atoms with Crippen molar-refractivity contribution in [3.8, 4) is 5.75 Å². The fraction of sp³-hybridized carbons (Fsp3) is 0.533. The Morgan fingerprint density at radius 1 is 1.37 bits per heavy atom. The Morgan fingerprint density at radius 3 is 2.95 bits per heavy atom. The molecule has 1 saturated heterocycles. The van der Waals surface area contributed by atoms with Gasteiger partial charge in [-0.05, 0) is 31.7 Å². The molecule has 0 spiro atoms. The highest BCUT2D eigenvalue weighted by atomic mass is 16.5. The first-order chi connectivity index (χ1) is 9.25. The van der Waals surface area contributed by atoms with Crippen molar-refractivity contribution in [3.05, 3.63) is 29.8 Å². The Bertz CT molecular complexity index is 414. The number of phenolic OH excluding ortho intramolecular Hbond substituents is 1. The summed E-state index contributed by atoms with van der Waals surface area (Å²) < 4.78 is 5.61. The van der Waals surface area contributed by atoms with Crippen LogP contribution in [0.4, 0.5) is 0 Å². The van der Waals surface area contributed by atoms with Crippen LogP contribution >= 0.6 is 0 Å². The molecule has 1 aliphatic heterocycles. The molecule has 0 aromatic heterocycles. The molecular formula is C15H21NO3. The molecule has 4 nitrogen and oxygen atoms in total. The largest absolute Gasteiger partial charge is 0.508 e. The number of rotatable bonds is 5. The van der Waals surface area contributed by atoms with Gasteiger partial charge in [-0.15, -0.1) is 0 Å². The van der Waals surface area contributed by atoms with Crippen molar-refractivity contribution in [1.29, 1.82) is 0 Å². The minimum atomic E-state index is -0.0580. The van der Waals surface area contributed by atoms with Crippen molar-refractivity contribution in [2.45, 2.75) is 38.2 Å². The highest BCUT2D eigenvalue weighted by molar-refractivity contribution is 5.79. The predicted molar refractivity (Wildman–Crippen MR) is 73.0 cm³/mol. The smallest absolute Gasteiger partial charge is 0.224 e. The molecule has 2 N–H and O–H groups in total. The lowest BCUT2D eigenvalue weighted by Gasteiger charge is -2.22. The average Bonchev–Trinajstić information content (AvgIpc) is 2.43. The van der Waals surface area contributed by atoms with Crippen molar-refractivity contribution >= 4 is 5.91 Å². The Balaban J connectivity index is 1.68. The summed E-state index contributed by atoms with van der Waals surface area (Å²) in [6, 6.07) is 6.92. The summed E-state index contributed by atoms with van der Waals surface area (Å²) >= 11 is 0. The van der Waals surface area contributed by atoms with E-state index in [1.165, 1.54) is 6.42 Å². The van der Waals surface area contributed by atoms with E-state index in [0.717, 1.165) is 25.9 Å². The zero-order chi connectivity index (χ0) is 13.5. The van der Waals surface area contributed by atoms with Crippen LogP contribution in [0.5, 0.6) is 5.75 Å². The van der Waals surface area contributed by atoms with Gasteiger partial charge in [0.05, 0.1) is 12.5 Å². The van der Waals surface area contributed by atoms with Gasteiger partial charge >= 0.3 is 0 Å². The third-order valence-corrected chi connectivity index (χ3v) is 3.41. The molecule has 1 atom stereocenters. The zero-order valence-electron chi connectivity index (χ0n) is 11.1. The van der Waals surface area contributed by atoms with Crippen LogP contribution in [-0.2, 0) is 16.0 Å². The van der Waals surface area contributed by atoms with Crippen molar-refractivity contribution in [3.63, 3.8) is 0 Å². The van der Waals surface area contributed by atoms with E-state index >= 15 is 0 Å². The first-order valence-corrected chi connectivity index (χ1v) is 6.91. The van der Waals surface area contributed by atoms with Crippen LogP contribution in [-0.4, -0.2) is 30.3 Å². The summed E-state index contributed by atoms with van der Waals surface area (Å²) in [4.78, 5) is 11.7. The van der Waals surface area contributed by atoms with Crippen LogP contribution in [0, 0.1) is 0 Å². The third kappa shape index (κ3) is 4.56. The van der Waals surface area contributed by atoms with Gasteiger partial charge in [-0.1, -0.05) is 18.2 Å². The number of amides is 1. The van der Waals surface area contributed by atoms with E-state index in [9.17, 15) is 9.90 Å². The number of hydrogen-bond donors (Lipinski definition) is 2. The van der Waals surface area contributed by atoms with E-state index in [1.54, 1.807) is 18.2 Å². The normalized spacial score (nSPS) is 19.1. The molecule has 1 unspecified atom stereocenters. The standard InChI is InChI=1S/C15H21NO3/c17-14-7-2-1-5-12(14)11-15(18)16-9-8-13-6-3-4-10-19-13/h1-2,5,7,13,17H,3-4,6,8-11H2,(H,16,18). The molecule has 1 heterocycles. The van der Waals surface area contributed by atoms with Crippen LogP contribution in [0.1, 0.15) is 31.2 Å². The van der Waals surface area contributed by atoms with Crippen molar-refractivity contribution in [2.75, 3.05) is 13.2 Å². The molecular weight excluding hydrogens is 242 g/mol. The molecule has 1 amide bonds. The highest BCUT2D eigenvalue weighted by Crippen LogP contribution is 2.16. The predicted octanol–water partition coefficient (Wildman–Crippen LogP) is 2.01. The number of nitrogens with one attached hydrogen (secondary N) is 1. The fourth-order valence-corrected chi connectivity index (χ4v) is 2.30. The van der Waals surface area contributed by atoms with Crippen LogP contribution in [0.3, 0.4) is 0 Å². The van der Waals surface area contributed by atoms with Gasteiger partial charge in [-0.25, -0.2) is 0 Å². The Morgan fingerprint density at radius 2 is 2.21 bits per heavy atom. The maximum absolute atomic E-state index is 11.7. The number of aromatic hydroxyl groups is 1. The van der Waals surface area contributed by atoms with Gasteiger partial charge in [0.15, 0.2) is 0 Å². The van der Waals surface area contributed by atoms with Crippen LogP contribution in [0.15, 0.2) is 24.3 Å². The molecule has 0 bridgehead atoms. The summed E-state index contributed by atoms with van der Waals surface area (Å²) in [6.45, 7) is 1.48. The Labute approximate surface area is 113 Å². The van der Waals surface area contributed by atoms with Gasteiger partial charge in [0.1, 0.15) is 5.75 Å². The number of benzene rings is 1. The van der Waals surface area contributed by atoms with Crippen LogP contribution in [0.25, 0.3) is 0 Å². The topological polar surface area (TPSA) is 58.6 Å². The molecule has 19 heavy (non-hydrogen) atoms. The summed E-state index contributed by atoms with van der Waals surface area (Å²) in [6.07, 6.45) is 4.84. The number of carbonyl (C=O) groups excluding carboxylic acids is 1. The number of phenols is 1. The minimum Gasteiger partial charge on any atom is -0.508 e. The van der Waals surface area contributed by atoms with E-state index in [2.05, 4.69) is 5.32 Å². The quantitative estimate of drug-likeness (QED) is 0.854. The van der Waals surface area contributed by atoms with Crippen LogP contribution < -0.4 is 5.32 Å². The Hall–Kier alpha value is -1.55. The zero-order valence-corrected chi connectivity index (χ0v) is 11.1. The third-order valence-electron chi connectivity index (χ3n) is 3.41. The average molecular weight is 263 g/mol. The van der Waals surface area contributed by atoms with E-state index in [-0.39, 0.29) is 18.1 Å². The lowest BCUT2D eigenvalue weighted by atomic mass is 10.1. The number of carbonyl (C=O) groups is 1. The maximum atomic E-state index is 11.7. The van der Waals surface area contributed by atoms with Crippen molar-refractivity contribution < 1.29 is 14.6 Å².